The summed E-state index contributed by atoms with van der Waals surface area (Å²) in [6, 6.07) is 21.0. The minimum Gasteiger partial charge on any atom is -0.342 e. The van der Waals surface area contributed by atoms with E-state index < -0.39 is 0 Å². The monoisotopic (exact) mass is 280 g/mol. The zero-order valence-corrected chi connectivity index (χ0v) is 12.1. The quantitative estimate of drug-likeness (QED) is 0.787. The summed E-state index contributed by atoms with van der Waals surface area (Å²) >= 11 is 0. The lowest BCUT2D eigenvalue weighted by Crippen LogP contribution is -2.26. The van der Waals surface area contributed by atoms with Gasteiger partial charge in [0.05, 0.1) is 12.2 Å². The largest absolute Gasteiger partial charge is 0.342 e. The zero-order valence-electron chi connectivity index (χ0n) is 12.1. The SMILES string of the molecule is c1ccc([C@@H]2CCC3(CC[C@@H](c4ccccc4)O3)O2)cc1. The van der Waals surface area contributed by atoms with E-state index in [2.05, 4.69) is 48.5 Å². The molecular weight excluding hydrogens is 260 g/mol. The Balaban J connectivity index is 1.48. The van der Waals surface area contributed by atoms with Gasteiger partial charge in [-0.05, 0) is 24.0 Å². The van der Waals surface area contributed by atoms with Crippen LogP contribution in [0.3, 0.4) is 0 Å². The highest BCUT2D eigenvalue weighted by Crippen LogP contribution is 2.50. The highest BCUT2D eigenvalue weighted by Gasteiger charge is 2.47. The summed E-state index contributed by atoms with van der Waals surface area (Å²) in [6.07, 6.45) is 4.45. The van der Waals surface area contributed by atoms with Gasteiger partial charge in [0, 0.05) is 12.8 Å². The van der Waals surface area contributed by atoms with Gasteiger partial charge in [0.15, 0.2) is 5.79 Å². The average molecular weight is 280 g/mol. The molecule has 2 heterocycles. The second-order valence-corrected chi connectivity index (χ2v) is 6.02. The van der Waals surface area contributed by atoms with Crippen molar-refractivity contribution in [2.45, 2.75) is 43.7 Å². The topological polar surface area (TPSA) is 18.5 Å². The van der Waals surface area contributed by atoms with Crippen LogP contribution in [0.25, 0.3) is 0 Å². The molecule has 2 heteroatoms. The summed E-state index contributed by atoms with van der Waals surface area (Å²) < 4.78 is 12.7. The smallest absolute Gasteiger partial charge is 0.170 e. The maximum Gasteiger partial charge on any atom is 0.170 e. The van der Waals surface area contributed by atoms with Crippen LogP contribution in [0.5, 0.6) is 0 Å². The Morgan fingerprint density at radius 3 is 1.52 bits per heavy atom. The fourth-order valence-electron chi connectivity index (χ4n) is 3.53. The van der Waals surface area contributed by atoms with Crippen molar-refractivity contribution in [2.75, 3.05) is 0 Å². The van der Waals surface area contributed by atoms with Crippen LogP contribution in [-0.4, -0.2) is 5.79 Å². The Kier molecular flexibility index (Phi) is 3.28. The molecule has 2 aliphatic rings. The lowest BCUT2D eigenvalue weighted by atomic mass is 10.0. The highest BCUT2D eigenvalue weighted by molar-refractivity contribution is 5.21. The fourth-order valence-corrected chi connectivity index (χ4v) is 3.53. The first-order valence-corrected chi connectivity index (χ1v) is 7.80. The second kappa shape index (κ2) is 5.28. The molecule has 2 fully saturated rings. The van der Waals surface area contributed by atoms with Crippen molar-refractivity contribution in [3.05, 3.63) is 71.8 Å². The minimum absolute atomic E-state index is 0.181. The van der Waals surface area contributed by atoms with Crippen molar-refractivity contribution in [3.8, 4) is 0 Å². The van der Waals surface area contributed by atoms with E-state index in [-0.39, 0.29) is 18.0 Å². The van der Waals surface area contributed by atoms with E-state index in [1.807, 2.05) is 12.1 Å². The standard InChI is InChI=1S/C19H20O2/c1-3-7-15(8-4-1)17-11-13-19(20-17)14-12-18(21-19)16-9-5-2-6-10-16/h1-10,17-18H,11-14H2/t17-,18-,19?/m0/s1. The van der Waals surface area contributed by atoms with E-state index >= 15 is 0 Å². The third-order valence-electron chi connectivity index (χ3n) is 4.63. The number of hydrogen-bond donors (Lipinski definition) is 0. The number of ether oxygens (including phenoxy) is 2. The first-order chi connectivity index (χ1) is 10.3. The van der Waals surface area contributed by atoms with Crippen LogP contribution >= 0.6 is 0 Å². The van der Waals surface area contributed by atoms with Crippen molar-refractivity contribution in [1.82, 2.24) is 0 Å². The third-order valence-corrected chi connectivity index (χ3v) is 4.63. The normalized spacial score (nSPS) is 27.2. The maximum absolute atomic E-state index is 6.33. The summed E-state index contributed by atoms with van der Waals surface area (Å²) in [5, 5.41) is 0. The van der Waals surface area contributed by atoms with Crippen LogP contribution in [0.1, 0.15) is 49.0 Å². The molecule has 0 unspecified atom stereocenters. The Hall–Kier alpha value is -1.64. The molecule has 0 amide bonds. The van der Waals surface area contributed by atoms with Crippen LogP contribution in [0.2, 0.25) is 0 Å². The molecule has 2 aliphatic heterocycles. The van der Waals surface area contributed by atoms with Gasteiger partial charge in [0.2, 0.25) is 0 Å². The Labute approximate surface area is 125 Å². The van der Waals surface area contributed by atoms with E-state index in [0.717, 1.165) is 25.7 Å². The van der Waals surface area contributed by atoms with E-state index in [4.69, 9.17) is 9.47 Å². The first-order valence-electron chi connectivity index (χ1n) is 7.80. The van der Waals surface area contributed by atoms with Crippen molar-refractivity contribution in [1.29, 1.82) is 0 Å². The lowest BCUT2D eigenvalue weighted by Gasteiger charge is -2.25. The molecule has 0 aliphatic carbocycles. The zero-order chi connectivity index (χ0) is 14.1. The average Bonchev–Trinajstić information content (AvgIpc) is 3.17. The van der Waals surface area contributed by atoms with E-state index in [0.29, 0.717) is 0 Å². The summed E-state index contributed by atoms with van der Waals surface area (Å²) in [5.41, 5.74) is 2.53. The van der Waals surface area contributed by atoms with Crippen LogP contribution in [-0.2, 0) is 9.47 Å². The van der Waals surface area contributed by atoms with Gasteiger partial charge in [0.25, 0.3) is 0 Å². The van der Waals surface area contributed by atoms with Crippen LogP contribution in [0.4, 0.5) is 0 Å². The van der Waals surface area contributed by atoms with E-state index in [9.17, 15) is 0 Å². The summed E-state index contributed by atoms with van der Waals surface area (Å²) in [7, 11) is 0. The maximum atomic E-state index is 6.33. The van der Waals surface area contributed by atoms with Gasteiger partial charge in [-0.25, -0.2) is 0 Å². The van der Waals surface area contributed by atoms with Gasteiger partial charge in [-0.3, -0.25) is 0 Å². The molecule has 2 aromatic carbocycles. The molecule has 2 atom stereocenters. The molecule has 2 nitrogen and oxygen atoms in total. The van der Waals surface area contributed by atoms with E-state index in [1.54, 1.807) is 0 Å². The molecule has 2 saturated heterocycles. The summed E-state index contributed by atoms with van der Waals surface area (Å²) in [4.78, 5) is 0. The molecule has 21 heavy (non-hydrogen) atoms. The molecule has 108 valence electrons. The molecule has 0 saturated carbocycles. The van der Waals surface area contributed by atoms with Gasteiger partial charge in [-0.15, -0.1) is 0 Å². The molecule has 0 N–H and O–H groups in total. The minimum atomic E-state index is -0.360. The summed E-state index contributed by atoms with van der Waals surface area (Å²) in [6.45, 7) is 0. The van der Waals surface area contributed by atoms with Gasteiger partial charge in [0.1, 0.15) is 0 Å². The summed E-state index contributed by atoms with van der Waals surface area (Å²) in [5.74, 6) is -0.360. The number of hydrogen-bond acceptors (Lipinski definition) is 2. The van der Waals surface area contributed by atoms with Gasteiger partial charge >= 0.3 is 0 Å². The number of rotatable bonds is 2. The molecular formula is C19H20O2. The molecule has 0 bridgehead atoms. The van der Waals surface area contributed by atoms with Crippen molar-refractivity contribution < 1.29 is 9.47 Å². The fraction of sp³-hybridized carbons (Fsp3) is 0.368. The Bertz CT molecular complexity index is 538. The van der Waals surface area contributed by atoms with Gasteiger partial charge in [-0.1, -0.05) is 60.7 Å². The highest BCUT2D eigenvalue weighted by atomic mass is 16.7. The third kappa shape index (κ3) is 2.50. The van der Waals surface area contributed by atoms with Crippen molar-refractivity contribution in [3.63, 3.8) is 0 Å². The van der Waals surface area contributed by atoms with Crippen LogP contribution in [0.15, 0.2) is 60.7 Å². The first kappa shape index (κ1) is 13.1. The molecule has 0 aromatic heterocycles. The molecule has 2 aromatic rings. The van der Waals surface area contributed by atoms with Crippen molar-refractivity contribution in [2.24, 2.45) is 0 Å². The van der Waals surface area contributed by atoms with Crippen molar-refractivity contribution >= 4 is 0 Å². The molecule has 4 rings (SSSR count). The predicted octanol–water partition coefficient (Wildman–Crippen LogP) is 4.79. The lowest BCUT2D eigenvalue weighted by molar-refractivity contribution is -0.218. The Morgan fingerprint density at radius 1 is 0.667 bits per heavy atom. The second-order valence-electron chi connectivity index (χ2n) is 6.02. The molecule has 0 radical (unpaired) electrons. The van der Waals surface area contributed by atoms with Crippen LogP contribution < -0.4 is 0 Å². The van der Waals surface area contributed by atoms with Gasteiger partial charge < -0.3 is 9.47 Å². The molecule has 1 spiro atoms. The van der Waals surface area contributed by atoms with Gasteiger partial charge in [-0.2, -0.15) is 0 Å². The van der Waals surface area contributed by atoms with E-state index in [1.165, 1.54) is 11.1 Å². The predicted molar refractivity (Wildman–Crippen MR) is 81.7 cm³/mol. The van der Waals surface area contributed by atoms with Crippen LogP contribution in [0, 0.1) is 0 Å². The number of benzene rings is 2. The Morgan fingerprint density at radius 2 is 1.10 bits per heavy atom.